The standard InChI is InChI=1S/C23H37FN4O3.HI/c1-2-25-23(26-8-3-11-31-18-19-6-12-29-13-7-19)27-17-20-4-5-22(21(24)16-20)28-9-14-30-15-10-28;/h4-5,16,19H,2-3,6-15,17-18H2,1H3,(H2,25,26,27);1H. The summed E-state index contributed by atoms with van der Waals surface area (Å²) < 4.78 is 31.1. The van der Waals surface area contributed by atoms with Crippen LogP contribution in [-0.2, 0) is 20.8 Å². The van der Waals surface area contributed by atoms with Crippen LogP contribution >= 0.6 is 24.0 Å². The topological polar surface area (TPSA) is 67.4 Å². The molecule has 0 bridgehead atoms. The van der Waals surface area contributed by atoms with Crippen LogP contribution in [-0.4, -0.2) is 71.8 Å². The van der Waals surface area contributed by atoms with Gasteiger partial charge in [-0.25, -0.2) is 9.38 Å². The number of nitrogens with one attached hydrogen (secondary N) is 2. The Morgan fingerprint density at radius 2 is 1.91 bits per heavy atom. The molecule has 1 aromatic carbocycles. The highest BCUT2D eigenvalue weighted by molar-refractivity contribution is 14.0. The zero-order chi connectivity index (χ0) is 21.7. The monoisotopic (exact) mass is 564 g/mol. The third-order valence-corrected chi connectivity index (χ3v) is 5.58. The molecule has 0 unspecified atom stereocenters. The van der Waals surface area contributed by atoms with Gasteiger partial charge < -0.3 is 29.7 Å². The Morgan fingerprint density at radius 3 is 2.62 bits per heavy atom. The van der Waals surface area contributed by atoms with Crippen LogP contribution in [0.3, 0.4) is 0 Å². The molecule has 2 fully saturated rings. The number of ether oxygens (including phenoxy) is 3. The maximum atomic E-state index is 14.6. The maximum Gasteiger partial charge on any atom is 0.191 e. The first-order valence-electron chi connectivity index (χ1n) is 11.5. The first-order chi connectivity index (χ1) is 15.3. The average Bonchev–Trinajstić information content (AvgIpc) is 2.81. The predicted molar refractivity (Wildman–Crippen MR) is 137 cm³/mol. The number of anilines is 1. The third-order valence-electron chi connectivity index (χ3n) is 5.58. The van der Waals surface area contributed by atoms with Crippen LogP contribution in [0.15, 0.2) is 23.2 Å². The number of benzene rings is 1. The normalized spacial score (nSPS) is 17.7. The van der Waals surface area contributed by atoms with E-state index in [1.165, 1.54) is 0 Å². The summed E-state index contributed by atoms with van der Waals surface area (Å²) in [6, 6.07) is 5.38. The van der Waals surface area contributed by atoms with Crippen LogP contribution in [0.4, 0.5) is 10.1 Å². The van der Waals surface area contributed by atoms with Crippen molar-refractivity contribution in [2.24, 2.45) is 10.9 Å². The van der Waals surface area contributed by atoms with E-state index in [1.54, 1.807) is 6.07 Å². The van der Waals surface area contributed by atoms with Crippen molar-refractivity contribution in [1.29, 1.82) is 0 Å². The Bertz CT molecular complexity index is 683. The second-order valence-corrected chi connectivity index (χ2v) is 7.99. The molecule has 7 nitrogen and oxygen atoms in total. The van der Waals surface area contributed by atoms with E-state index in [-0.39, 0.29) is 29.8 Å². The van der Waals surface area contributed by atoms with Crippen molar-refractivity contribution in [2.75, 3.05) is 70.7 Å². The van der Waals surface area contributed by atoms with E-state index in [9.17, 15) is 4.39 Å². The summed E-state index contributed by atoms with van der Waals surface area (Å²) >= 11 is 0. The van der Waals surface area contributed by atoms with E-state index in [0.29, 0.717) is 31.4 Å². The lowest BCUT2D eigenvalue weighted by Crippen LogP contribution is -2.38. The van der Waals surface area contributed by atoms with E-state index in [1.807, 2.05) is 24.0 Å². The van der Waals surface area contributed by atoms with Crippen LogP contribution in [0, 0.1) is 11.7 Å². The third kappa shape index (κ3) is 9.36. The summed E-state index contributed by atoms with van der Waals surface area (Å²) in [7, 11) is 0. The molecule has 0 aliphatic carbocycles. The van der Waals surface area contributed by atoms with Crippen molar-refractivity contribution >= 4 is 35.6 Å². The molecule has 2 saturated heterocycles. The number of morpholine rings is 1. The first-order valence-corrected chi connectivity index (χ1v) is 11.5. The van der Waals surface area contributed by atoms with E-state index in [2.05, 4.69) is 15.6 Å². The van der Waals surface area contributed by atoms with Gasteiger partial charge in [0.1, 0.15) is 5.82 Å². The van der Waals surface area contributed by atoms with Gasteiger partial charge in [-0.3, -0.25) is 0 Å². The Balaban J connectivity index is 0.00000363. The van der Waals surface area contributed by atoms with Crippen molar-refractivity contribution in [1.82, 2.24) is 10.6 Å². The van der Waals surface area contributed by atoms with Crippen LogP contribution in [0.2, 0.25) is 0 Å². The molecule has 32 heavy (non-hydrogen) atoms. The van der Waals surface area contributed by atoms with Gasteiger partial charge in [0, 0.05) is 52.6 Å². The lowest BCUT2D eigenvalue weighted by atomic mass is 10.0. The Hall–Kier alpha value is -1.17. The summed E-state index contributed by atoms with van der Waals surface area (Å²) in [4.78, 5) is 6.63. The van der Waals surface area contributed by atoms with Crippen LogP contribution in [0.25, 0.3) is 0 Å². The Morgan fingerprint density at radius 1 is 1.16 bits per heavy atom. The molecule has 2 aliphatic rings. The second kappa shape index (κ2) is 15.6. The van der Waals surface area contributed by atoms with Crippen molar-refractivity contribution in [2.45, 2.75) is 32.7 Å². The van der Waals surface area contributed by atoms with Gasteiger partial charge in [-0.2, -0.15) is 0 Å². The number of hydrogen-bond donors (Lipinski definition) is 2. The van der Waals surface area contributed by atoms with Crippen molar-refractivity contribution in [3.8, 4) is 0 Å². The summed E-state index contributed by atoms with van der Waals surface area (Å²) in [6.45, 7) is 10.0. The van der Waals surface area contributed by atoms with Crippen molar-refractivity contribution in [3.05, 3.63) is 29.6 Å². The number of nitrogens with zero attached hydrogens (tertiary/aromatic N) is 2. The first kappa shape index (κ1) is 27.1. The minimum absolute atomic E-state index is 0. The van der Waals surface area contributed by atoms with E-state index in [0.717, 1.165) is 83.4 Å². The predicted octanol–water partition coefficient (Wildman–Crippen LogP) is 3.17. The zero-order valence-corrected chi connectivity index (χ0v) is 21.4. The molecule has 0 radical (unpaired) electrons. The number of aliphatic imine (C=N–C) groups is 1. The Labute approximate surface area is 208 Å². The quantitative estimate of drug-likeness (QED) is 0.197. The zero-order valence-electron chi connectivity index (χ0n) is 19.1. The van der Waals surface area contributed by atoms with Gasteiger partial charge in [-0.15, -0.1) is 24.0 Å². The molecule has 0 aromatic heterocycles. The molecule has 0 atom stereocenters. The number of halogens is 2. The fourth-order valence-corrected chi connectivity index (χ4v) is 3.77. The molecule has 3 rings (SSSR count). The molecule has 1 aromatic rings. The average molecular weight is 564 g/mol. The minimum atomic E-state index is -0.200. The molecule has 2 N–H and O–H groups in total. The number of hydrogen-bond acceptors (Lipinski definition) is 5. The van der Waals surface area contributed by atoms with Crippen molar-refractivity contribution in [3.63, 3.8) is 0 Å². The number of rotatable bonds is 10. The molecule has 2 heterocycles. The van der Waals surface area contributed by atoms with Gasteiger partial charge >= 0.3 is 0 Å². The van der Waals surface area contributed by atoms with Crippen LogP contribution < -0.4 is 15.5 Å². The highest BCUT2D eigenvalue weighted by atomic mass is 127. The molecule has 0 saturated carbocycles. The largest absolute Gasteiger partial charge is 0.381 e. The highest BCUT2D eigenvalue weighted by Gasteiger charge is 2.15. The maximum absolute atomic E-state index is 14.6. The molecule has 0 spiro atoms. The molecule has 182 valence electrons. The lowest BCUT2D eigenvalue weighted by Gasteiger charge is -2.29. The van der Waals surface area contributed by atoms with Crippen LogP contribution in [0.5, 0.6) is 0 Å². The lowest BCUT2D eigenvalue weighted by molar-refractivity contribution is 0.0203. The number of guanidine groups is 1. The fraction of sp³-hybridized carbons (Fsp3) is 0.696. The van der Waals surface area contributed by atoms with Gasteiger partial charge in [0.05, 0.1) is 25.4 Å². The summed E-state index contributed by atoms with van der Waals surface area (Å²) in [5.41, 5.74) is 1.49. The fourth-order valence-electron chi connectivity index (χ4n) is 3.77. The summed E-state index contributed by atoms with van der Waals surface area (Å²) in [6.07, 6.45) is 3.11. The Kier molecular flexibility index (Phi) is 13.2. The van der Waals surface area contributed by atoms with Gasteiger partial charge in [0.25, 0.3) is 0 Å². The van der Waals surface area contributed by atoms with E-state index in [4.69, 9.17) is 14.2 Å². The van der Waals surface area contributed by atoms with E-state index < -0.39 is 0 Å². The molecular formula is C23H38FIN4O3. The van der Waals surface area contributed by atoms with Gasteiger partial charge in [0.2, 0.25) is 0 Å². The second-order valence-electron chi connectivity index (χ2n) is 7.99. The van der Waals surface area contributed by atoms with Crippen molar-refractivity contribution < 1.29 is 18.6 Å². The minimum Gasteiger partial charge on any atom is -0.381 e. The molecule has 2 aliphatic heterocycles. The molecule has 0 amide bonds. The smallest absolute Gasteiger partial charge is 0.191 e. The van der Waals surface area contributed by atoms with Gasteiger partial charge in [-0.05, 0) is 49.8 Å². The van der Waals surface area contributed by atoms with Crippen LogP contribution in [0.1, 0.15) is 31.7 Å². The highest BCUT2D eigenvalue weighted by Crippen LogP contribution is 2.22. The summed E-state index contributed by atoms with van der Waals surface area (Å²) in [5.74, 6) is 1.18. The van der Waals surface area contributed by atoms with Gasteiger partial charge in [-0.1, -0.05) is 6.07 Å². The SMILES string of the molecule is CCNC(=NCc1ccc(N2CCOCC2)c(F)c1)NCCCOCC1CCOCC1.I. The van der Waals surface area contributed by atoms with Gasteiger partial charge in [0.15, 0.2) is 5.96 Å². The molecular weight excluding hydrogens is 526 g/mol. The van der Waals surface area contributed by atoms with E-state index >= 15 is 0 Å². The summed E-state index contributed by atoms with van der Waals surface area (Å²) in [5, 5.41) is 6.57. The molecule has 9 heteroatoms.